The zero-order valence-corrected chi connectivity index (χ0v) is 10.3. The summed E-state index contributed by atoms with van der Waals surface area (Å²) in [7, 11) is 0. The number of hydrogen-bond acceptors (Lipinski definition) is 4. The maximum atomic E-state index is 5.50. The molecule has 2 N–H and O–H groups in total. The third-order valence-electron chi connectivity index (χ3n) is 2.95. The minimum Gasteiger partial charge on any atom is -0.359 e. The minimum atomic E-state index is 0.363. The standard InChI is InChI=1S/C15H13N3O/c16-10-14-9-15(18-19-14)13-3-1-11(2-4-13)12-5-7-17-8-6-12/h1-9H,10,16H2. The van der Waals surface area contributed by atoms with E-state index in [9.17, 15) is 0 Å². The van der Waals surface area contributed by atoms with Crippen molar-refractivity contribution < 1.29 is 4.52 Å². The van der Waals surface area contributed by atoms with Gasteiger partial charge in [0.15, 0.2) is 5.76 Å². The van der Waals surface area contributed by atoms with Crippen molar-refractivity contribution in [3.63, 3.8) is 0 Å². The second-order valence-corrected chi connectivity index (χ2v) is 4.20. The van der Waals surface area contributed by atoms with Crippen LogP contribution in [0.3, 0.4) is 0 Å². The topological polar surface area (TPSA) is 64.9 Å². The Morgan fingerprint density at radius 1 is 0.895 bits per heavy atom. The van der Waals surface area contributed by atoms with E-state index in [-0.39, 0.29) is 0 Å². The number of benzene rings is 1. The zero-order valence-electron chi connectivity index (χ0n) is 10.3. The fourth-order valence-electron chi connectivity index (χ4n) is 1.92. The maximum absolute atomic E-state index is 5.50. The normalized spacial score (nSPS) is 10.6. The van der Waals surface area contributed by atoms with Gasteiger partial charge in [0.1, 0.15) is 5.69 Å². The fraction of sp³-hybridized carbons (Fsp3) is 0.0667. The second-order valence-electron chi connectivity index (χ2n) is 4.20. The van der Waals surface area contributed by atoms with Crippen LogP contribution in [0.15, 0.2) is 59.4 Å². The van der Waals surface area contributed by atoms with Crippen LogP contribution in [0.2, 0.25) is 0 Å². The van der Waals surface area contributed by atoms with Crippen LogP contribution < -0.4 is 5.73 Å². The number of nitrogens with zero attached hydrogens (tertiary/aromatic N) is 2. The van der Waals surface area contributed by atoms with E-state index in [1.54, 1.807) is 12.4 Å². The Bertz CT molecular complexity index is 659. The molecule has 0 fully saturated rings. The average Bonchev–Trinajstić information content (AvgIpc) is 2.97. The van der Waals surface area contributed by atoms with E-state index < -0.39 is 0 Å². The van der Waals surface area contributed by atoms with Gasteiger partial charge in [0.2, 0.25) is 0 Å². The number of nitrogens with two attached hydrogens (primary N) is 1. The Labute approximate surface area is 110 Å². The predicted molar refractivity (Wildman–Crippen MR) is 73.1 cm³/mol. The predicted octanol–water partition coefficient (Wildman–Crippen LogP) is 2.86. The molecule has 3 aromatic rings. The van der Waals surface area contributed by atoms with Crippen molar-refractivity contribution in [2.24, 2.45) is 5.73 Å². The van der Waals surface area contributed by atoms with Gasteiger partial charge in [-0.1, -0.05) is 29.4 Å². The monoisotopic (exact) mass is 251 g/mol. The van der Waals surface area contributed by atoms with Crippen LogP contribution in [-0.2, 0) is 6.54 Å². The lowest BCUT2D eigenvalue weighted by atomic mass is 10.0. The van der Waals surface area contributed by atoms with Crippen LogP contribution in [0.1, 0.15) is 5.76 Å². The molecule has 94 valence electrons. The van der Waals surface area contributed by atoms with Gasteiger partial charge in [0.25, 0.3) is 0 Å². The number of hydrogen-bond donors (Lipinski definition) is 1. The molecule has 0 radical (unpaired) electrons. The van der Waals surface area contributed by atoms with Crippen molar-refractivity contribution in [1.29, 1.82) is 0 Å². The van der Waals surface area contributed by atoms with Crippen molar-refractivity contribution in [2.75, 3.05) is 0 Å². The smallest absolute Gasteiger partial charge is 0.150 e. The molecule has 4 heteroatoms. The van der Waals surface area contributed by atoms with E-state index in [1.165, 1.54) is 0 Å². The van der Waals surface area contributed by atoms with Crippen LogP contribution in [0.4, 0.5) is 0 Å². The largest absolute Gasteiger partial charge is 0.359 e. The summed E-state index contributed by atoms with van der Waals surface area (Å²) >= 11 is 0. The Hall–Kier alpha value is -2.46. The Kier molecular flexibility index (Phi) is 3.08. The first-order valence-corrected chi connectivity index (χ1v) is 6.03. The van der Waals surface area contributed by atoms with Gasteiger partial charge < -0.3 is 10.3 Å². The van der Waals surface area contributed by atoms with Gasteiger partial charge in [-0.2, -0.15) is 0 Å². The first-order valence-electron chi connectivity index (χ1n) is 6.03. The first kappa shape index (κ1) is 11.6. The van der Waals surface area contributed by atoms with Crippen LogP contribution >= 0.6 is 0 Å². The molecule has 0 saturated carbocycles. The van der Waals surface area contributed by atoms with Crippen molar-refractivity contribution in [3.8, 4) is 22.4 Å². The molecular formula is C15H13N3O. The highest BCUT2D eigenvalue weighted by Gasteiger charge is 2.05. The summed E-state index contributed by atoms with van der Waals surface area (Å²) in [4.78, 5) is 4.01. The summed E-state index contributed by atoms with van der Waals surface area (Å²) in [5.74, 6) is 0.688. The minimum absolute atomic E-state index is 0.363. The van der Waals surface area contributed by atoms with Crippen molar-refractivity contribution in [3.05, 3.63) is 60.6 Å². The molecule has 0 atom stereocenters. The third-order valence-corrected chi connectivity index (χ3v) is 2.95. The summed E-state index contributed by atoms with van der Waals surface area (Å²) in [5, 5.41) is 3.99. The van der Waals surface area contributed by atoms with Crippen LogP contribution in [0.25, 0.3) is 22.4 Å². The first-order chi connectivity index (χ1) is 9.36. The summed E-state index contributed by atoms with van der Waals surface area (Å²) in [6.45, 7) is 0.363. The molecule has 0 aliphatic heterocycles. The van der Waals surface area contributed by atoms with Gasteiger partial charge >= 0.3 is 0 Å². The Balaban J connectivity index is 1.90. The molecule has 0 saturated heterocycles. The third kappa shape index (κ3) is 2.39. The lowest BCUT2D eigenvalue weighted by Gasteiger charge is -2.01. The van der Waals surface area contributed by atoms with Crippen molar-refractivity contribution >= 4 is 0 Å². The SMILES string of the molecule is NCc1cc(-c2ccc(-c3ccncc3)cc2)no1. The highest BCUT2D eigenvalue weighted by atomic mass is 16.5. The van der Waals surface area contributed by atoms with Gasteiger partial charge in [-0.15, -0.1) is 0 Å². The summed E-state index contributed by atoms with van der Waals surface area (Å²) in [6, 6.07) is 14.0. The average molecular weight is 251 g/mol. The number of pyridine rings is 1. The number of rotatable bonds is 3. The lowest BCUT2D eigenvalue weighted by molar-refractivity contribution is 0.387. The van der Waals surface area contributed by atoms with E-state index in [2.05, 4.69) is 22.3 Å². The molecule has 2 aromatic heterocycles. The Morgan fingerprint density at radius 2 is 1.53 bits per heavy atom. The fourth-order valence-corrected chi connectivity index (χ4v) is 1.92. The molecule has 2 heterocycles. The zero-order chi connectivity index (χ0) is 13.1. The molecule has 4 nitrogen and oxygen atoms in total. The maximum Gasteiger partial charge on any atom is 0.150 e. The molecule has 19 heavy (non-hydrogen) atoms. The van der Waals surface area contributed by atoms with E-state index in [0.717, 1.165) is 22.4 Å². The van der Waals surface area contributed by atoms with Gasteiger partial charge in [-0.3, -0.25) is 4.98 Å². The summed E-state index contributed by atoms with van der Waals surface area (Å²) < 4.78 is 5.10. The molecule has 3 rings (SSSR count). The van der Waals surface area contributed by atoms with Crippen molar-refractivity contribution in [1.82, 2.24) is 10.1 Å². The van der Waals surface area contributed by atoms with Gasteiger partial charge in [-0.05, 0) is 23.3 Å². The highest BCUT2D eigenvalue weighted by Crippen LogP contribution is 2.24. The Morgan fingerprint density at radius 3 is 2.16 bits per heavy atom. The summed E-state index contributed by atoms with van der Waals surface area (Å²) in [5.41, 5.74) is 9.61. The lowest BCUT2D eigenvalue weighted by Crippen LogP contribution is -1.92. The van der Waals surface area contributed by atoms with Gasteiger partial charge in [-0.25, -0.2) is 0 Å². The molecule has 0 spiro atoms. The number of aromatic nitrogens is 2. The molecule has 0 aliphatic rings. The quantitative estimate of drug-likeness (QED) is 0.777. The summed E-state index contributed by atoms with van der Waals surface area (Å²) in [6.07, 6.45) is 3.57. The van der Waals surface area contributed by atoms with E-state index in [1.807, 2.05) is 30.3 Å². The molecule has 0 aliphatic carbocycles. The molecule has 0 bridgehead atoms. The molecular weight excluding hydrogens is 238 g/mol. The molecule has 0 amide bonds. The highest BCUT2D eigenvalue weighted by molar-refractivity contribution is 5.68. The van der Waals surface area contributed by atoms with E-state index >= 15 is 0 Å². The van der Waals surface area contributed by atoms with Crippen LogP contribution in [-0.4, -0.2) is 10.1 Å². The molecule has 1 aromatic carbocycles. The van der Waals surface area contributed by atoms with Crippen molar-refractivity contribution in [2.45, 2.75) is 6.54 Å². The van der Waals surface area contributed by atoms with Crippen LogP contribution in [0.5, 0.6) is 0 Å². The molecule has 0 unspecified atom stereocenters. The second kappa shape index (κ2) is 5.04. The van der Waals surface area contributed by atoms with E-state index in [0.29, 0.717) is 12.3 Å². The van der Waals surface area contributed by atoms with Gasteiger partial charge in [0.05, 0.1) is 6.54 Å². The van der Waals surface area contributed by atoms with Crippen LogP contribution in [0, 0.1) is 0 Å². The van der Waals surface area contributed by atoms with Gasteiger partial charge in [0, 0.05) is 24.0 Å². The van der Waals surface area contributed by atoms with E-state index in [4.69, 9.17) is 10.3 Å².